The summed E-state index contributed by atoms with van der Waals surface area (Å²) in [6.07, 6.45) is 3.00. The van der Waals surface area contributed by atoms with Crippen LogP contribution in [-0.4, -0.2) is 23.5 Å². The summed E-state index contributed by atoms with van der Waals surface area (Å²) >= 11 is 6.22. The van der Waals surface area contributed by atoms with Crippen molar-refractivity contribution in [3.05, 3.63) is 45.6 Å². The molecule has 0 bridgehead atoms. The first-order valence-electron chi connectivity index (χ1n) is 10.0. The molecule has 2 N–H and O–H groups in total. The van der Waals surface area contributed by atoms with Crippen LogP contribution in [-0.2, 0) is 17.8 Å². The minimum atomic E-state index is -1.48. The maximum atomic E-state index is 14.4. The molecule has 0 spiro atoms. The molecule has 1 aliphatic heterocycles. The molecule has 0 saturated carbocycles. The molecule has 168 valence electrons. The zero-order valence-corrected chi connectivity index (χ0v) is 18.4. The van der Waals surface area contributed by atoms with Gasteiger partial charge in [-0.15, -0.1) is 0 Å². The van der Waals surface area contributed by atoms with Crippen LogP contribution >= 0.6 is 11.6 Å². The Hall–Kier alpha value is -1.80. The number of rotatable bonds is 9. The number of carbonyl (C=O) groups is 1. The number of amides is 1. The van der Waals surface area contributed by atoms with Gasteiger partial charge in [-0.3, -0.25) is 4.79 Å². The average Bonchev–Trinajstić information content (AvgIpc) is 2.96. The molecule has 30 heavy (non-hydrogen) atoms. The van der Waals surface area contributed by atoms with Crippen molar-refractivity contribution in [2.75, 3.05) is 7.05 Å². The predicted octanol–water partition coefficient (Wildman–Crippen LogP) is 4.91. The summed E-state index contributed by atoms with van der Waals surface area (Å²) in [6.45, 7) is 5.06. The molecule has 2 rings (SSSR count). The van der Waals surface area contributed by atoms with E-state index in [-0.39, 0.29) is 12.8 Å². The Balaban J connectivity index is 2.11. The van der Waals surface area contributed by atoms with E-state index in [0.717, 1.165) is 0 Å². The minimum absolute atomic E-state index is 0.0979. The first-order valence-corrected chi connectivity index (χ1v) is 10.4. The van der Waals surface area contributed by atoms with Crippen LogP contribution in [0.15, 0.2) is 11.2 Å². The zero-order valence-electron chi connectivity index (χ0n) is 17.6. The van der Waals surface area contributed by atoms with Crippen LogP contribution in [0.1, 0.15) is 57.6 Å². The van der Waals surface area contributed by atoms with Crippen LogP contribution in [0.4, 0.5) is 17.6 Å². The van der Waals surface area contributed by atoms with Crippen molar-refractivity contribution in [3.8, 4) is 0 Å². The Morgan fingerprint density at radius 2 is 1.73 bits per heavy atom. The van der Waals surface area contributed by atoms with Crippen molar-refractivity contribution in [1.29, 1.82) is 0 Å². The highest BCUT2D eigenvalue weighted by Crippen LogP contribution is 2.33. The molecule has 4 nitrogen and oxygen atoms in total. The highest BCUT2D eigenvalue weighted by atomic mass is 35.5. The van der Waals surface area contributed by atoms with E-state index in [4.69, 9.17) is 11.6 Å². The van der Waals surface area contributed by atoms with Crippen molar-refractivity contribution in [1.82, 2.24) is 15.8 Å². The van der Waals surface area contributed by atoms with Gasteiger partial charge in [0.05, 0.1) is 17.0 Å². The smallest absolute Gasteiger partial charge is 0.222 e. The van der Waals surface area contributed by atoms with Gasteiger partial charge in [0.1, 0.15) is 0 Å². The number of nitrogens with one attached hydrogen (secondary N) is 2. The van der Waals surface area contributed by atoms with Crippen LogP contribution < -0.4 is 10.7 Å². The van der Waals surface area contributed by atoms with Gasteiger partial charge in [0.25, 0.3) is 0 Å². The summed E-state index contributed by atoms with van der Waals surface area (Å²) in [4.78, 5) is 12.4. The van der Waals surface area contributed by atoms with E-state index in [1.165, 1.54) is 0 Å². The standard InChI is InChI=1S/C21H28ClF4N3O/c1-5-21(15(22)11-29(4)28-21)9-16(30)27-10-14-19(25)17(23)13(18(24)20(14)26)8-6-7-12(2)3/h11-12,28H,5-10H2,1-4H3,(H,27,30). The fraction of sp³-hybridized carbons (Fsp3) is 0.571. The van der Waals surface area contributed by atoms with Gasteiger partial charge < -0.3 is 10.3 Å². The topological polar surface area (TPSA) is 44.4 Å². The quantitative estimate of drug-likeness (QED) is 0.416. The Morgan fingerprint density at radius 3 is 2.20 bits per heavy atom. The molecule has 1 aliphatic rings. The van der Waals surface area contributed by atoms with Crippen LogP contribution in [0, 0.1) is 29.2 Å². The summed E-state index contributed by atoms with van der Waals surface area (Å²) in [5.41, 5.74) is 0.778. The molecule has 1 heterocycles. The van der Waals surface area contributed by atoms with E-state index >= 15 is 0 Å². The maximum absolute atomic E-state index is 14.4. The summed E-state index contributed by atoms with van der Waals surface area (Å²) in [7, 11) is 1.72. The summed E-state index contributed by atoms with van der Waals surface area (Å²) in [5.74, 6) is -6.02. The van der Waals surface area contributed by atoms with E-state index in [0.29, 0.717) is 30.2 Å². The second-order valence-corrected chi connectivity index (χ2v) is 8.50. The third kappa shape index (κ3) is 5.27. The summed E-state index contributed by atoms with van der Waals surface area (Å²) in [5, 5.41) is 4.37. The van der Waals surface area contributed by atoms with Crippen LogP contribution in [0.3, 0.4) is 0 Å². The van der Waals surface area contributed by atoms with Gasteiger partial charge >= 0.3 is 0 Å². The zero-order chi connectivity index (χ0) is 22.6. The van der Waals surface area contributed by atoms with Crippen molar-refractivity contribution < 1.29 is 22.4 Å². The molecule has 0 saturated heterocycles. The number of hydrogen-bond donors (Lipinski definition) is 2. The van der Waals surface area contributed by atoms with E-state index in [2.05, 4.69) is 10.7 Å². The lowest BCUT2D eigenvalue weighted by molar-refractivity contribution is -0.122. The lowest BCUT2D eigenvalue weighted by atomic mass is 9.92. The van der Waals surface area contributed by atoms with Crippen molar-refractivity contribution in [3.63, 3.8) is 0 Å². The van der Waals surface area contributed by atoms with Gasteiger partial charge in [-0.05, 0) is 25.2 Å². The number of nitrogens with zero attached hydrogens (tertiary/aromatic N) is 1. The molecular weight excluding hydrogens is 422 g/mol. The van der Waals surface area contributed by atoms with Gasteiger partial charge in [0.15, 0.2) is 23.3 Å². The van der Waals surface area contributed by atoms with Crippen molar-refractivity contribution >= 4 is 17.5 Å². The summed E-state index contributed by atoms with van der Waals surface area (Å²) in [6, 6.07) is 0. The van der Waals surface area contributed by atoms with E-state index in [1.807, 2.05) is 20.8 Å². The van der Waals surface area contributed by atoms with Gasteiger partial charge in [-0.2, -0.15) is 0 Å². The Morgan fingerprint density at radius 1 is 1.17 bits per heavy atom. The number of hydrazine groups is 1. The number of carbonyl (C=O) groups excluding carboxylic acids is 1. The van der Waals surface area contributed by atoms with Crippen molar-refractivity contribution in [2.45, 2.75) is 65.0 Å². The number of halogens is 5. The van der Waals surface area contributed by atoms with E-state index < -0.39 is 52.4 Å². The molecule has 1 aromatic carbocycles. The molecule has 0 aliphatic carbocycles. The monoisotopic (exact) mass is 449 g/mol. The summed E-state index contributed by atoms with van der Waals surface area (Å²) < 4.78 is 57.5. The lowest BCUT2D eigenvalue weighted by Crippen LogP contribution is -2.49. The molecule has 1 unspecified atom stereocenters. The normalized spacial score (nSPS) is 18.9. The fourth-order valence-corrected chi connectivity index (χ4v) is 3.91. The molecule has 1 amide bonds. The minimum Gasteiger partial charge on any atom is -0.352 e. The SMILES string of the molecule is CCC1(CC(=O)NCc2c(F)c(F)c(CCCC(C)C)c(F)c2F)NN(C)C=C1Cl. The van der Waals surface area contributed by atoms with E-state index in [1.54, 1.807) is 18.3 Å². The van der Waals surface area contributed by atoms with Gasteiger partial charge in [0.2, 0.25) is 5.91 Å². The Kier molecular flexibility index (Phi) is 8.16. The van der Waals surface area contributed by atoms with Crippen LogP contribution in [0.2, 0.25) is 0 Å². The number of hydrogen-bond acceptors (Lipinski definition) is 3. The van der Waals surface area contributed by atoms with Crippen LogP contribution in [0.5, 0.6) is 0 Å². The third-order valence-electron chi connectivity index (χ3n) is 5.34. The molecule has 0 fully saturated rings. The second-order valence-electron chi connectivity index (χ2n) is 8.09. The van der Waals surface area contributed by atoms with Crippen molar-refractivity contribution in [2.24, 2.45) is 5.92 Å². The predicted molar refractivity (Wildman–Crippen MR) is 108 cm³/mol. The van der Waals surface area contributed by atoms with Gasteiger partial charge in [-0.1, -0.05) is 38.8 Å². The second kappa shape index (κ2) is 10.0. The largest absolute Gasteiger partial charge is 0.352 e. The highest BCUT2D eigenvalue weighted by molar-refractivity contribution is 6.31. The molecule has 0 aromatic heterocycles. The average molecular weight is 450 g/mol. The van der Waals surface area contributed by atoms with Gasteiger partial charge in [0, 0.05) is 30.9 Å². The number of benzene rings is 1. The molecule has 9 heteroatoms. The van der Waals surface area contributed by atoms with E-state index in [9.17, 15) is 22.4 Å². The Bertz CT molecular complexity index is 802. The molecular formula is C21H28ClF4N3O. The van der Waals surface area contributed by atoms with Gasteiger partial charge in [-0.25, -0.2) is 23.0 Å². The fourth-order valence-electron chi connectivity index (χ4n) is 3.52. The molecule has 1 aromatic rings. The van der Waals surface area contributed by atoms with Crippen LogP contribution in [0.25, 0.3) is 0 Å². The maximum Gasteiger partial charge on any atom is 0.222 e. The Labute approximate surface area is 179 Å². The highest BCUT2D eigenvalue weighted by Gasteiger charge is 2.39. The molecule has 1 atom stereocenters. The molecule has 0 radical (unpaired) electrons. The first kappa shape index (κ1) is 24.5. The first-order chi connectivity index (χ1) is 14.0. The third-order valence-corrected chi connectivity index (χ3v) is 5.80. The lowest BCUT2D eigenvalue weighted by Gasteiger charge is -2.29.